The fourth-order valence-corrected chi connectivity index (χ4v) is 2.27. The van der Waals surface area contributed by atoms with Crippen LogP contribution >= 0.6 is 11.8 Å². The Kier molecular flexibility index (Phi) is 6.07. The molecule has 16 heavy (non-hydrogen) atoms. The average molecular weight is 244 g/mol. The van der Waals surface area contributed by atoms with Crippen LogP contribution < -0.4 is 11.1 Å². The molecule has 0 atom stereocenters. The van der Waals surface area contributed by atoms with Crippen LogP contribution in [0.25, 0.3) is 0 Å². The van der Waals surface area contributed by atoms with Crippen LogP contribution in [0.1, 0.15) is 13.3 Å². The van der Waals surface area contributed by atoms with Crippen LogP contribution in [-0.4, -0.2) is 54.5 Å². The molecule has 0 aromatic heterocycles. The van der Waals surface area contributed by atoms with Crippen molar-refractivity contribution in [1.82, 2.24) is 10.2 Å². The molecule has 0 bridgehead atoms. The van der Waals surface area contributed by atoms with Crippen molar-refractivity contribution in [3.05, 3.63) is 0 Å². The van der Waals surface area contributed by atoms with Crippen LogP contribution in [0.15, 0.2) is 4.99 Å². The van der Waals surface area contributed by atoms with E-state index in [-0.39, 0.29) is 12.5 Å². The topological polar surface area (TPSA) is 70.7 Å². The Hall–Kier alpha value is -0.910. The third-order valence-electron chi connectivity index (χ3n) is 2.29. The van der Waals surface area contributed by atoms with Gasteiger partial charge in [0.2, 0.25) is 5.91 Å². The number of nitrogens with zero attached hydrogens (tertiary/aromatic N) is 2. The van der Waals surface area contributed by atoms with Crippen molar-refractivity contribution in [3.8, 4) is 0 Å². The summed E-state index contributed by atoms with van der Waals surface area (Å²) in [5, 5.41) is 2.77. The van der Waals surface area contributed by atoms with Crippen molar-refractivity contribution in [2.75, 3.05) is 37.7 Å². The molecule has 92 valence electrons. The summed E-state index contributed by atoms with van der Waals surface area (Å²) >= 11 is 1.92. The van der Waals surface area contributed by atoms with Gasteiger partial charge in [0, 0.05) is 31.1 Å². The third-order valence-corrected chi connectivity index (χ3v) is 3.23. The van der Waals surface area contributed by atoms with Gasteiger partial charge in [-0.2, -0.15) is 11.8 Å². The molecule has 0 aliphatic carbocycles. The van der Waals surface area contributed by atoms with E-state index in [9.17, 15) is 4.79 Å². The number of guanidine groups is 1. The molecule has 1 aliphatic heterocycles. The van der Waals surface area contributed by atoms with E-state index in [1.807, 2.05) is 23.6 Å². The van der Waals surface area contributed by atoms with Crippen molar-refractivity contribution in [3.63, 3.8) is 0 Å². The Balaban J connectivity index is 2.28. The van der Waals surface area contributed by atoms with E-state index < -0.39 is 0 Å². The van der Waals surface area contributed by atoms with E-state index in [1.54, 1.807) is 0 Å². The van der Waals surface area contributed by atoms with Crippen molar-refractivity contribution >= 4 is 23.6 Å². The Morgan fingerprint density at radius 1 is 1.50 bits per heavy atom. The zero-order valence-corrected chi connectivity index (χ0v) is 10.6. The van der Waals surface area contributed by atoms with Gasteiger partial charge in [-0.05, 0) is 6.42 Å². The fourth-order valence-electron chi connectivity index (χ4n) is 1.37. The molecule has 5 nitrogen and oxygen atoms in total. The third kappa shape index (κ3) is 4.74. The van der Waals surface area contributed by atoms with E-state index in [0.29, 0.717) is 12.5 Å². The minimum Gasteiger partial charge on any atom is -0.370 e. The molecule has 1 saturated heterocycles. The summed E-state index contributed by atoms with van der Waals surface area (Å²) in [7, 11) is 0. The summed E-state index contributed by atoms with van der Waals surface area (Å²) in [6.07, 6.45) is 0.939. The Labute approximate surface area is 101 Å². The molecule has 3 N–H and O–H groups in total. The summed E-state index contributed by atoms with van der Waals surface area (Å²) in [6.45, 7) is 4.71. The lowest BCUT2D eigenvalue weighted by atomic mass is 10.4. The molecule has 0 aromatic carbocycles. The van der Waals surface area contributed by atoms with Gasteiger partial charge < -0.3 is 16.0 Å². The van der Waals surface area contributed by atoms with Crippen LogP contribution in [0.2, 0.25) is 0 Å². The molecule has 6 heteroatoms. The zero-order chi connectivity index (χ0) is 11.8. The van der Waals surface area contributed by atoms with Gasteiger partial charge in [0.15, 0.2) is 5.96 Å². The lowest BCUT2D eigenvalue weighted by Crippen LogP contribution is -2.43. The van der Waals surface area contributed by atoms with Gasteiger partial charge >= 0.3 is 0 Å². The second kappa shape index (κ2) is 7.38. The highest BCUT2D eigenvalue weighted by Crippen LogP contribution is 2.08. The van der Waals surface area contributed by atoms with Crippen molar-refractivity contribution in [1.29, 1.82) is 0 Å². The molecule has 1 fully saturated rings. The highest BCUT2D eigenvalue weighted by atomic mass is 32.2. The maximum Gasteiger partial charge on any atom is 0.241 e. The van der Waals surface area contributed by atoms with Gasteiger partial charge in [-0.1, -0.05) is 6.92 Å². The van der Waals surface area contributed by atoms with E-state index in [2.05, 4.69) is 10.3 Å². The Bertz CT molecular complexity index is 251. The number of hydrogen-bond donors (Lipinski definition) is 2. The van der Waals surface area contributed by atoms with Crippen LogP contribution in [0.3, 0.4) is 0 Å². The number of carbonyl (C=O) groups excluding carboxylic acids is 1. The predicted molar refractivity (Wildman–Crippen MR) is 68.7 cm³/mol. The van der Waals surface area contributed by atoms with Crippen molar-refractivity contribution in [2.24, 2.45) is 10.7 Å². The van der Waals surface area contributed by atoms with Gasteiger partial charge in [-0.25, -0.2) is 4.99 Å². The number of amides is 1. The summed E-state index contributed by atoms with van der Waals surface area (Å²) in [5.41, 5.74) is 5.81. The first kappa shape index (κ1) is 13.2. The monoisotopic (exact) mass is 244 g/mol. The smallest absolute Gasteiger partial charge is 0.241 e. The molecule has 0 radical (unpaired) electrons. The van der Waals surface area contributed by atoms with Gasteiger partial charge in [0.1, 0.15) is 6.54 Å². The molecule has 0 spiro atoms. The number of thioether (sulfide) groups is 1. The van der Waals surface area contributed by atoms with Gasteiger partial charge in [0.05, 0.1) is 0 Å². The highest BCUT2D eigenvalue weighted by molar-refractivity contribution is 7.99. The molecule has 1 heterocycles. The quantitative estimate of drug-likeness (QED) is 0.534. The second-order valence-corrected chi connectivity index (χ2v) is 4.85. The molecule has 1 rings (SSSR count). The fraction of sp³-hybridized carbons (Fsp3) is 0.800. The molecule has 1 amide bonds. The number of aliphatic imine (C=N–C) groups is 1. The molecule has 0 unspecified atom stereocenters. The summed E-state index contributed by atoms with van der Waals surface area (Å²) in [6, 6.07) is 0. The Morgan fingerprint density at radius 2 is 2.19 bits per heavy atom. The lowest BCUT2D eigenvalue weighted by molar-refractivity contribution is -0.119. The van der Waals surface area contributed by atoms with E-state index >= 15 is 0 Å². The molecule has 0 aromatic rings. The number of carbonyl (C=O) groups is 1. The number of nitrogens with one attached hydrogen (secondary N) is 1. The summed E-state index contributed by atoms with van der Waals surface area (Å²) < 4.78 is 0. The van der Waals surface area contributed by atoms with Crippen molar-refractivity contribution in [2.45, 2.75) is 13.3 Å². The lowest BCUT2D eigenvalue weighted by Gasteiger charge is -2.27. The van der Waals surface area contributed by atoms with Gasteiger partial charge in [0.25, 0.3) is 0 Å². The van der Waals surface area contributed by atoms with E-state index in [4.69, 9.17) is 5.73 Å². The zero-order valence-electron chi connectivity index (χ0n) is 9.74. The van der Waals surface area contributed by atoms with Gasteiger partial charge in [-0.15, -0.1) is 0 Å². The molecular formula is C10H20N4OS. The van der Waals surface area contributed by atoms with Crippen LogP contribution in [-0.2, 0) is 4.79 Å². The van der Waals surface area contributed by atoms with E-state index in [1.165, 1.54) is 0 Å². The maximum absolute atomic E-state index is 11.3. The molecular weight excluding hydrogens is 224 g/mol. The van der Waals surface area contributed by atoms with E-state index in [0.717, 1.165) is 31.0 Å². The SMILES string of the molecule is CCCNC(=O)CN=C(N)N1CCSCC1. The number of hydrogen-bond acceptors (Lipinski definition) is 3. The van der Waals surface area contributed by atoms with Crippen LogP contribution in [0, 0.1) is 0 Å². The Morgan fingerprint density at radius 3 is 2.81 bits per heavy atom. The predicted octanol–water partition coefficient (Wildman–Crippen LogP) is -0.124. The summed E-state index contributed by atoms with van der Waals surface area (Å²) in [4.78, 5) is 17.4. The first-order valence-corrected chi connectivity index (χ1v) is 6.78. The minimum absolute atomic E-state index is 0.0591. The van der Waals surface area contributed by atoms with Gasteiger partial charge in [-0.3, -0.25) is 4.79 Å². The van der Waals surface area contributed by atoms with Crippen LogP contribution in [0.4, 0.5) is 0 Å². The molecule has 0 saturated carbocycles. The van der Waals surface area contributed by atoms with Crippen LogP contribution in [0.5, 0.6) is 0 Å². The standard InChI is InChI=1S/C10H20N4OS/c1-2-3-12-9(15)8-13-10(11)14-4-6-16-7-5-14/h2-8H2,1H3,(H2,11,13)(H,12,15). The minimum atomic E-state index is -0.0591. The average Bonchev–Trinajstić information content (AvgIpc) is 2.34. The largest absolute Gasteiger partial charge is 0.370 e. The maximum atomic E-state index is 11.3. The first-order valence-electron chi connectivity index (χ1n) is 5.63. The normalized spacial score (nSPS) is 17.3. The summed E-state index contributed by atoms with van der Waals surface area (Å²) in [5.74, 6) is 2.60. The first-order chi connectivity index (χ1) is 7.74. The highest BCUT2D eigenvalue weighted by Gasteiger charge is 2.12. The second-order valence-electron chi connectivity index (χ2n) is 3.62. The van der Waals surface area contributed by atoms with Crippen molar-refractivity contribution < 1.29 is 4.79 Å². The molecule has 1 aliphatic rings. The number of nitrogens with two attached hydrogens (primary N) is 1. The number of rotatable bonds is 4.